The van der Waals surface area contributed by atoms with E-state index < -0.39 is 4.92 Å². The van der Waals surface area contributed by atoms with Crippen LogP contribution in [0.3, 0.4) is 0 Å². The van der Waals surface area contributed by atoms with Gasteiger partial charge in [-0.15, -0.1) is 0 Å². The van der Waals surface area contributed by atoms with Gasteiger partial charge >= 0.3 is 5.16 Å². The fraction of sp³-hybridized carbons (Fsp3) is 0.800. The van der Waals surface area contributed by atoms with Gasteiger partial charge in [0.1, 0.15) is 0 Å². The van der Waals surface area contributed by atoms with Gasteiger partial charge in [-0.3, -0.25) is 10.1 Å². The Balaban J connectivity index is 2.57. The summed E-state index contributed by atoms with van der Waals surface area (Å²) in [6, 6.07) is 0. The Morgan fingerprint density at radius 2 is 2.29 bits per heavy atom. The lowest BCUT2D eigenvalue weighted by molar-refractivity contribution is -0.414. The van der Waals surface area contributed by atoms with Crippen LogP contribution in [-0.4, -0.2) is 43.2 Å². The molecule has 0 saturated carbocycles. The van der Waals surface area contributed by atoms with Gasteiger partial charge in [0.25, 0.3) is 0 Å². The minimum Gasteiger partial charge on any atom is -0.378 e. The highest BCUT2D eigenvalue weighted by Crippen LogP contribution is 2.19. The highest BCUT2D eigenvalue weighted by molar-refractivity contribution is 6.28. The maximum absolute atomic E-state index is 10.6. The quantitative estimate of drug-likeness (QED) is 0.459. The van der Waals surface area contributed by atoms with Crippen LogP contribution < -0.4 is 5.32 Å². The van der Waals surface area contributed by atoms with E-state index in [1.807, 2.05) is 6.92 Å². The Bertz CT molecular complexity index is 320. The third-order valence-corrected chi connectivity index (χ3v) is 2.96. The number of nitrogens with zero attached hydrogens (tertiary/aromatic N) is 2. The van der Waals surface area contributed by atoms with E-state index in [1.54, 1.807) is 19.0 Å². The molecule has 0 aromatic rings. The van der Waals surface area contributed by atoms with E-state index in [-0.39, 0.29) is 11.3 Å². The molecule has 7 heteroatoms. The fourth-order valence-electron chi connectivity index (χ4n) is 1.79. The molecule has 2 atom stereocenters. The number of nitrogens with one attached hydrogen (secondary N) is 1. The van der Waals surface area contributed by atoms with Crippen LogP contribution in [0.1, 0.15) is 13.3 Å². The second kappa shape index (κ2) is 6.07. The third-order valence-electron chi connectivity index (χ3n) is 2.64. The highest BCUT2D eigenvalue weighted by atomic mass is 35.5. The molecule has 1 rings (SSSR count). The Hall–Kier alpha value is -1.01. The largest absolute Gasteiger partial charge is 0.378 e. The normalized spacial score (nSPS) is 25.4. The van der Waals surface area contributed by atoms with Gasteiger partial charge in [0.05, 0.1) is 17.6 Å². The van der Waals surface area contributed by atoms with Crippen LogP contribution in [0.4, 0.5) is 0 Å². The summed E-state index contributed by atoms with van der Waals surface area (Å²) in [5, 5.41) is 13.2. The van der Waals surface area contributed by atoms with Crippen molar-refractivity contribution in [3.8, 4) is 0 Å². The van der Waals surface area contributed by atoms with Crippen molar-refractivity contribution in [2.75, 3.05) is 27.2 Å². The van der Waals surface area contributed by atoms with E-state index in [0.29, 0.717) is 24.9 Å². The standard InChI is InChI=1S/C10H18ClN3O3/c1-7-4-8(6-17-7)5-12-10(13(2)3)9(11)14(15)16/h7-8,12H,4-6H2,1-3H3. The lowest BCUT2D eigenvalue weighted by Gasteiger charge is -2.19. The Morgan fingerprint density at radius 3 is 2.71 bits per heavy atom. The van der Waals surface area contributed by atoms with Crippen LogP contribution in [-0.2, 0) is 4.74 Å². The lowest BCUT2D eigenvalue weighted by Crippen LogP contribution is -2.32. The molecule has 1 fully saturated rings. The Kier molecular flexibility index (Phi) is 5.02. The molecule has 0 radical (unpaired) electrons. The molecule has 1 heterocycles. The van der Waals surface area contributed by atoms with Crippen LogP contribution >= 0.6 is 11.6 Å². The van der Waals surface area contributed by atoms with Crippen LogP contribution in [0.2, 0.25) is 0 Å². The number of ether oxygens (including phenoxy) is 1. The average Bonchev–Trinajstić information content (AvgIpc) is 2.63. The van der Waals surface area contributed by atoms with Gasteiger partial charge in [-0.2, -0.15) is 0 Å². The van der Waals surface area contributed by atoms with E-state index in [0.717, 1.165) is 6.42 Å². The van der Waals surface area contributed by atoms with Gasteiger partial charge in [-0.1, -0.05) is 0 Å². The van der Waals surface area contributed by atoms with Crippen LogP contribution in [0, 0.1) is 16.0 Å². The Morgan fingerprint density at radius 1 is 1.65 bits per heavy atom. The van der Waals surface area contributed by atoms with Crippen molar-refractivity contribution in [1.82, 2.24) is 10.2 Å². The first-order valence-electron chi connectivity index (χ1n) is 5.48. The van der Waals surface area contributed by atoms with Gasteiger partial charge in [0, 0.05) is 26.6 Å². The summed E-state index contributed by atoms with van der Waals surface area (Å²) in [7, 11) is 3.42. The SMILES string of the molecule is CC1CC(CNC(=C(Cl)[N+](=O)[O-])N(C)C)CO1. The first kappa shape index (κ1) is 14.1. The van der Waals surface area contributed by atoms with Crippen LogP contribution in [0.15, 0.2) is 11.0 Å². The molecule has 0 aliphatic carbocycles. The molecule has 1 saturated heterocycles. The first-order valence-corrected chi connectivity index (χ1v) is 5.86. The number of nitro groups is 1. The van der Waals surface area contributed by atoms with E-state index in [4.69, 9.17) is 16.3 Å². The molecule has 1 aliphatic rings. The smallest absolute Gasteiger partial charge is 0.377 e. The van der Waals surface area contributed by atoms with E-state index in [2.05, 4.69) is 5.32 Å². The second-order valence-corrected chi connectivity index (χ2v) is 4.78. The summed E-state index contributed by atoms with van der Waals surface area (Å²) in [6.07, 6.45) is 1.23. The minimum atomic E-state index is -0.600. The van der Waals surface area contributed by atoms with Crippen LogP contribution in [0.5, 0.6) is 0 Å². The van der Waals surface area contributed by atoms with Crippen molar-refractivity contribution in [3.05, 3.63) is 21.1 Å². The molecule has 1 aliphatic heterocycles. The zero-order chi connectivity index (χ0) is 13.0. The predicted octanol–water partition coefficient (Wildman–Crippen LogP) is 1.20. The summed E-state index contributed by atoms with van der Waals surface area (Å²) < 4.78 is 5.43. The summed E-state index contributed by atoms with van der Waals surface area (Å²) in [5.74, 6) is 0.701. The topological polar surface area (TPSA) is 67.6 Å². The third kappa shape index (κ3) is 4.05. The molecule has 1 N–H and O–H groups in total. The van der Waals surface area contributed by atoms with Crippen molar-refractivity contribution in [1.29, 1.82) is 0 Å². The van der Waals surface area contributed by atoms with Crippen molar-refractivity contribution >= 4 is 11.6 Å². The van der Waals surface area contributed by atoms with Crippen molar-refractivity contribution in [2.45, 2.75) is 19.4 Å². The molecule has 0 bridgehead atoms. The molecular weight excluding hydrogens is 246 g/mol. The molecule has 0 aromatic heterocycles. The van der Waals surface area contributed by atoms with Crippen molar-refractivity contribution < 1.29 is 9.66 Å². The van der Waals surface area contributed by atoms with Crippen molar-refractivity contribution in [2.24, 2.45) is 5.92 Å². The summed E-state index contributed by atoms with van der Waals surface area (Å²) in [6.45, 7) is 3.33. The summed E-state index contributed by atoms with van der Waals surface area (Å²) in [4.78, 5) is 11.6. The van der Waals surface area contributed by atoms with Gasteiger partial charge in [-0.25, -0.2) is 0 Å². The second-order valence-electron chi connectivity index (χ2n) is 4.42. The number of hydrogen-bond acceptors (Lipinski definition) is 5. The maximum Gasteiger partial charge on any atom is 0.377 e. The molecule has 98 valence electrons. The molecule has 6 nitrogen and oxygen atoms in total. The molecule has 0 amide bonds. The molecule has 0 spiro atoms. The molecule has 0 aromatic carbocycles. The van der Waals surface area contributed by atoms with Gasteiger partial charge in [-0.05, 0) is 24.9 Å². The summed E-state index contributed by atoms with van der Waals surface area (Å²) >= 11 is 5.64. The number of halogens is 1. The highest BCUT2D eigenvalue weighted by Gasteiger charge is 2.24. The van der Waals surface area contributed by atoms with Crippen LogP contribution in [0.25, 0.3) is 0 Å². The summed E-state index contributed by atoms with van der Waals surface area (Å²) in [5.41, 5.74) is 0. The number of hydrogen-bond donors (Lipinski definition) is 1. The van der Waals surface area contributed by atoms with E-state index in [1.165, 1.54) is 0 Å². The van der Waals surface area contributed by atoms with Crippen molar-refractivity contribution in [3.63, 3.8) is 0 Å². The predicted molar refractivity (Wildman–Crippen MR) is 65.1 cm³/mol. The van der Waals surface area contributed by atoms with E-state index in [9.17, 15) is 10.1 Å². The Labute approximate surface area is 106 Å². The zero-order valence-electron chi connectivity index (χ0n) is 10.3. The molecular formula is C10H18ClN3O3. The fourth-order valence-corrected chi connectivity index (χ4v) is 2.03. The maximum atomic E-state index is 10.6. The molecule has 2 unspecified atom stereocenters. The zero-order valence-corrected chi connectivity index (χ0v) is 11.0. The first-order chi connectivity index (χ1) is 7.91. The minimum absolute atomic E-state index is 0.263. The monoisotopic (exact) mass is 263 g/mol. The van der Waals surface area contributed by atoms with E-state index >= 15 is 0 Å². The molecule has 17 heavy (non-hydrogen) atoms. The van der Waals surface area contributed by atoms with Gasteiger partial charge < -0.3 is 15.0 Å². The number of rotatable bonds is 5. The van der Waals surface area contributed by atoms with Gasteiger partial charge in [0.15, 0.2) is 5.82 Å². The van der Waals surface area contributed by atoms with Gasteiger partial charge in [0.2, 0.25) is 0 Å². The lowest BCUT2D eigenvalue weighted by atomic mass is 10.1. The average molecular weight is 264 g/mol.